The summed E-state index contributed by atoms with van der Waals surface area (Å²) in [5, 5.41) is 21.3. The van der Waals surface area contributed by atoms with Gasteiger partial charge < -0.3 is 15.0 Å². The van der Waals surface area contributed by atoms with Crippen LogP contribution in [0.3, 0.4) is 0 Å². The Balaban J connectivity index is 2.06. The number of fused-ring (bicyclic) bond motifs is 3. The van der Waals surface area contributed by atoms with Gasteiger partial charge in [-0.3, -0.25) is 14.9 Å². The van der Waals surface area contributed by atoms with E-state index in [4.69, 9.17) is 10.5 Å². The molecule has 4 rings (SSSR count). The second kappa shape index (κ2) is 6.25. The normalized spacial score (nSPS) is 15.6. The molecule has 28 heavy (non-hydrogen) atoms. The number of nitrogens with zero attached hydrogens (tertiary/aromatic N) is 3. The van der Waals surface area contributed by atoms with Crippen LogP contribution in [0.4, 0.5) is 5.69 Å². The van der Waals surface area contributed by atoms with Crippen molar-refractivity contribution < 1.29 is 9.66 Å². The van der Waals surface area contributed by atoms with Gasteiger partial charge in [-0.25, -0.2) is 0 Å². The lowest BCUT2D eigenvalue weighted by Crippen LogP contribution is -2.31. The molecule has 0 saturated carbocycles. The van der Waals surface area contributed by atoms with Crippen molar-refractivity contribution in [2.75, 3.05) is 0 Å². The lowest BCUT2D eigenvalue weighted by atomic mass is 9.83. The number of hydrogen-bond donors (Lipinski definition) is 1. The monoisotopic (exact) mass is 374 g/mol. The van der Waals surface area contributed by atoms with Crippen LogP contribution in [0.5, 0.6) is 5.75 Å². The summed E-state index contributed by atoms with van der Waals surface area (Å²) < 4.78 is 7.20. The van der Waals surface area contributed by atoms with Gasteiger partial charge in [0.2, 0.25) is 5.88 Å². The van der Waals surface area contributed by atoms with Crippen LogP contribution in [0.25, 0.3) is 10.9 Å². The smallest absolute Gasteiger partial charge is 0.269 e. The molecule has 0 aliphatic carbocycles. The zero-order valence-corrected chi connectivity index (χ0v) is 14.7. The van der Waals surface area contributed by atoms with Crippen LogP contribution in [0.2, 0.25) is 0 Å². The van der Waals surface area contributed by atoms with Gasteiger partial charge in [0.25, 0.3) is 11.2 Å². The minimum absolute atomic E-state index is 0.0853. The molecule has 138 valence electrons. The molecule has 1 aliphatic heterocycles. The molecule has 1 atom stereocenters. The van der Waals surface area contributed by atoms with Crippen molar-refractivity contribution in [2.45, 2.75) is 5.92 Å². The van der Waals surface area contributed by atoms with Crippen LogP contribution in [-0.2, 0) is 7.05 Å². The van der Waals surface area contributed by atoms with Crippen LogP contribution < -0.4 is 16.0 Å². The lowest BCUT2D eigenvalue weighted by molar-refractivity contribution is -0.384. The number of nitro benzene ring substituents is 1. The first-order valence-corrected chi connectivity index (χ1v) is 8.37. The maximum Gasteiger partial charge on any atom is 0.269 e. The van der Waals surface area contributed by atoms with Crippen molar-refractivity contribution in [3.8, 4) is 11.8 Å². The molecule has 8 nitrogen and oxygen atoms in total. The third kappa shape index (κ3) is 2.41. The van der Waals surface area contributed by atoms with Crippen molar-refractivity contribution >= 4 is 16.6 Å². The van der Waals surface area contributed by atoms with Gasteiger partial charge in [-0.05, 0) is 17.7 Å². The van der Waals surface area contributed by atoms with Crippen molar-refractivity contribution in [1.82, 2.24) is 4.57 Å². The first-order chi connectivity index (χ1) is 13.4. The summed E-state index contributed by atoms with van der Waals surface area (Å²) in [6.07, 6.45) is 0. The van der Waals surface area contributed by atoms with Gasteiger partial charge in [0.15, 0.2) is 0 Å². The molecule has 0 saturated heterocycles. The van der Waals surface area contributed by atoms with E-state index in [0.29, 0.717) is 22.2 Å². The number of nitro groups is 1. The summed E-state index contributed by atoms with van der Waals surface area (Å²) >= 11 is 0. The number of nitriles is 1. The minimum atomic E-state index is -0.780. The molecular weight excluding hydrogens is 360 g/mol. The molecular formula is C20H14N4O4. The molecule has 1 aromatic heterocycles. The number of aryl methyl sites for hydroxylation is 1. The predicted molar refractivity (Wildman–Crippen MR) is 102 cm³/mol. The van der Waals surface area contributed by atoms with Crippen molar-refractivity contribution in [2.24, 2.45) is 12.8 Å². The summed E-state index contributed by atoms with van der Waals surface area (Å²) in [4.78, 5) is 23.6. The summed E-state index contributed by atoms with van der Waals surface area (Å²) in [7, 11) is 1.64. The zero-order chi connectivity index (χ0) is 20.0. The number of ether oxygens (including phenoxy) is 1. The molecule has 0 spiro atoms. The minimum Gasteiger partial charge on any atom is -0.439 e. The van der Waals surface area contributed by atoms with Gasteiger partial charge in [0, 0.05) is 24.6 Å². The second-order valence-electron chi connectivity index (χ2n) is 6.40. The molecule has 0 radical (unpaired) electrons. The highest BCUT2D eigenvalue weighted by atomic mass is 16.6. The van der Waals surface area contributed by atoms with E-state index in [9.17, 15) is 20.2 Å². The fourth-order valence-electron chi connectivity index (χ4n) is 3.55. The van der Waals surface area contributed by atoms with Gasteiger partial charge >= 0.3 is 0 Å². The number of non-ortho nitro benzene ring substituents is 1. The summed E-state index contributed by atoms with van der Waals surface area (Å²) in [5.74, 6) is -0.562. The van der Waals surface area contributed by atoms with Crippen LogP contribution >= 0.6 is 0 Å². The van der Waals surface area contributed by atoms with Crippen LogP contribution in [0, 0.1) is 21.4 Å². The maximum atomic E-state index is 13.2. The number of nitrogens with two attached hydrogens (primary N) is 1. The average Bonchev–Trinajstić information content (AvgIpc) is 2.71. The topological polar surface area (TPSA) is 124 Å². The zero-order valence-electron chi connectivity index (χ0n) is 14.7. The highest BCUT2D eigenvalue weighted by Crippen LogP contribution is 2.43. The Morgan fingerprint density at radius 3 is 2.54 bits per heavy atom. The van der Waals surface area contributed by atoms with Crippen molar-refractivity contribution in [1.29, 1.82) is 5.26 Å². The first-order valence-electron chi connectivity index (χ1n) is 8.37. The number of para-hydroxylation sites is 1. The molecule has 0 bridgehead atoms. The summed E-state index contributed by atoms with van der Waals surface area (Å²) in [5.41, 5.74) is 7.18. The number of rotatable bonds is 2. The van der Waals surface area contributed by atoms with E-state index >= 15 is 0 Å². The van der Waals surface area contributed by atoms with Gasteiger partial charge in [-0.1, -0.05) is 24.3 Å². The number of benzene rings is 2. The van der Waals surface area contributed by atoms with Crippen LogP contribution in [-0.4, -0.2) is 9.49 Å². The van der Waals surface area contributed by atoms with Gasteiger partial charge in [0.05, 0.1) is 21.9 Å². The van der Waals surface area contributed by atoms with E-state index in [1.807, 2.05) is 24.3 Å². The average molecular weight is 374 g/mol. The van der Waals surface area contributed by atoms with Gasteiger partial charge in [0.1, 0.15) is 17.4 Å². The van der Waals surface area contributed by atoms with E-state index in [-0.39, 0.29) is 28.3 Å². The predicted octanol–water partition coefficient (Wildman–Crippen LogP) is 2.66. The van der Waals surface area contributed by atoms with E-state index in [1.54, 1.807) is 13.1 Å². The molecule has 0 unspecified atom stereocenters. The van der Waals surface area contributed by atoms with E-state index in [0.717, 1.165) is 0 Å². The number of hydrogen-bond acceptors (Lipinski definition) is 6. The van der Waals surface area contributed by atoms with Crippen molar-refractivity contribution in [3.05, 3.63) is 91.6 Å². The highest BCUT2D eigenvalue weighted by molar-refractivity contribution is 5.88. The molecule has 1 aliphatic rings. The fraction of sp³-hybridized carbons (Fsp3) is 0.100. The van der Waals surface area contributed by atoms with Crippen molar-refractivity contribution in [3.63, 3.8) is 0 Å². The van der Waals surface area contributed by atoms with Crippen LogP contribution in [0.15, 0.2) is 64.8 Å². The van der Waals surface area contributed by atoms with Crippen LogP contribution in [0.1, 0.15) is 17.0 Å². The number of pyridine rings is 1. The van der Waals surface area contributed by atoms with E-state index < -0.39 is 10.8 Å². The maximum absolute atomic E-state index is 13.2. The molecule has 0 amide bonds. The Hall–Kier alpha value is -4.12. The Morgan fingerprint density at radius 2 is 1.89 bits per heavy atom. The molecule has 2 N–H and O–H groups in total. The lowest BCUT2D eigenvalue weighted by Gasteiger charge is -2.27. The Morgan fingerprint density at radius 1 is 1.21 bits per heavy atom. The van der Waals surface area contributed by atoms with Gasteiger partial charge in [-0.2, -0.15) is 5.26 Å². The Bertz CT molecular complexity index is 1270. The second-order valence-corrected chi connectivity index (χ2v) is 6.40. The molecule has 8 heteroatoms. The largest absolute Gasteiger partial charge is 0.439 e. The fourth-order valence-corrected chi connectivity index (χ4v) is 3.55. The van der Waals surface area contributed by atoms with E-state index in [1.165, 1.54) is 28.8 Å². The van der Waals surface area contributed by atoms with E-state index in [2.05, 4.69) is 0 Å². The molecule has 0 fully saturated rings. The Kier molecular flexibility index (Phi) is 3.86. The summed E-state index contributed by atoms with van der Waals surface area (Å²) in [6.45, 7) is 0. The third-order valence-corrected chi connectivity index (χ3v) is 4.90. The molecule has 2 aromatic carbocycles. The number of aromatic nitrogens is 1. The number of allylic oxidation sites excluding steroid dienone is 1. The molecule has 3 aromatic rings. The quantitative estimate of drug-likeness (QED) is 0.543. The Labute approximate surface area is 158 Å². The standard InChI is InChI=1S/C20H14N4O4/c1-23-15-5-3-2-4-13(15)18-17(20(23)25)16(14(10-21)19(22)28-18)11-6-8-12(9-7-11)24(26)27/h2-9,16H,22H2,1H3/t16-/m1/s1. The third-order valence-electron chi connectivity index (χ3n) is 4.90. The van der Waals surface area contributed by atoms with Gasteiger partial charge in [-0.15, -0.1) is 0 Å². The highest BCUT2D eigenvalue weighted by Gasteiger charge is 2.35. The first kappa shape index (κ1) is 17.3. The summed E-state index contributed by atoms with van der Waals surface area (Å²) in [6, 6.07) is 15.0. The SMILES string of the molecule is Cn1c(=O)c2c(c3ccccc31)OC(N)=C(C#N)[C@H]2c1ccc([N+](=O)[O-])cc1. The molecule has 2 heterocycles.